The van der Waals surface area contributed by atoms with Crippen molar-refractivity contribution in [1.29, 1.82) is 0 Å². The quantitative estimate of drug-likeness (QED) is 0.771. The molecule has 1 aromatic carbocycles. The van der Waals surface area contributed by atoms with Crippen molar-refractivity contribution in [2.24, 2.45) is 0 Å². The predicted octanol–water partition coefficient (Wildman–Crippen LogP) is 2.57. The van der Waals surface area contributed by atoms with Crippen LogP contribution in [0.3, 0.4) is 0 Å². The summed E-state index contributed by atoms with van der Waals surface area (Å²) in [6.07, 6.45) is 1.80. The number of carbonyl (C=O) groups excluding carboxylic acids is 1. The zero-order valence-electron chi connectivity index (χ0n) is 13.9. The molecule has 0 aliphatic heterocycles. The summed E-state index contributed by atoms with van der Waals surface area (Å²) in [6.45, 7) is 5.47. The molecule has 1 heterocycles. The Morgan fingerprint density at radius 2 is 1.87 bits per heavy atom. The van der Waals surface area contributed by atoms with Crippen LogP contribution in [-0.2, 0) is 17.8 Å². The average molecular weight is 316 g/mol. The van der Waals surface area contributed by atoms with Crippen molar-refractivity contribution in [3.05, 3.63) is 59.4 Å². The van der Waals surface area contributed by atoms with Crippen molar-refractivity contribution in [3.63, 3.8) is 0 Å². The first-order valence-corrected chi connectivity index (χ1v) is 7.61. The van der Waals surface area contributed by atoms with Gasteiger partial charge < -0.3 is 14.8 Å². The SMILES string of the molecule is COC(=O)c1cc(CN(Cc2ccccc2)CC(C)(C)O)c[nH]1. The lowest BCUT2D eigenvalue weighted by molar-refractivity contribution is 0.0306. The number of carbonyl (C=O) groups is 1. The van der Waals surface area contributed by atoms with Crippen molar-refractivity contribution in [2.45, 2.75) is 32.5 Å². The van der Waals surface area contributed by atoms with Crippen LogP contribution in [0.25, 0.3) is 0 Å². The van der Waals surface area contributed by atoms with E-state index >= 15 is 0 Å². The van der Waals surface area contributed by atoms with Crippen LogP contribution in [0.2, 0.25) is 0 Å². The van der Waals surface area contributed by atoms with E-state index < -0.39 is 5.60 Å². The zero-order valence-corrected chi connectivity index (χ0v) is 13.9. The standard InChI is InChI=1S/C18H24N2O3/c1-18(2,22)13-20(11-14-7-5-4-6-8-14)12-15-9-16(19-10-15)17(21)23-3/h4-10,19,22H,11-13H2,1-3H3. The minimum atomic E-state index is -0.795. The van der Waals surface area contributed by atoms with Crippen molar-refractivity contribution in [2.75, 3.05) is 13.7 Å². The number of aliphatic hydroxyl groups is 1. The van der Waals surface area contributed by atoms with Gasteiger partial charge >= 0.3 is 5.97 Å². The van der Waals surface area contributed by atoms with Crippen molar-refractivity contribution < 1.29 is 14.6 Å². The van der Waals surface area contributed by atoms with Crippen LogP contribution in [0.1, 0.15) is 35.5 Å². The number of hydrogen-bond acceptors (Lipinski definition) is 4. The lowest BCUT2D eigenvalue weighted by Crippen LogP contribution is -2.37. The van der Waals surface area contributed by atoms with Crippen molar-refractivity contribution in [1.82, 2.24) is 9.88 Å². The maximum absolute atomic E-state index is 11.5. The van der Waals surface area contributed by atoms with Gasteiger partial charge in [0, 0.05) is 25.8 Å². The van der Waals surface area contributed by atoms with Crippen molar-refractivity contribution >= 4 is 5.97 Å². The Balaban J connectivity index is 2.10. The first-order valence-electron chi connectivity index (χ1n) is 7.61. The maximum atomic E-state index is 11.5. The Bertz CT molecular complexity index is 629. The fraction of sp³-hybridized carbons (Fsp3) is 0.389. The molecule has 1 aromatic heterocycles. The van der Waals surface area contributed by atoms with Gasteiger partial charge in [0.05, 0.1) is 12.7 Å². The van der Waals surface area contributed by atoms with E-state index in [4.69, 9.17) is 4.74 Å². The number of H-pyrrole nitrogens is 1. The Morgan fingerprint density at radius 1 is 1.22 bits per heavy atom. The number of aromatic amines is 1. The molecule has 0 unspecified atom stereocenters. The number of nitrogens with one attached hydrogen (secondary N) is 1. The largest absolute Gasteiger partial charge is 0.464 e. The maximum Gasteiger partial charge on any atom is 0.354 e. The second kappa shape index (κ2) is 7.44. The molecule has 0 aliphatic rings. The normalized spacial score (nSPS) is 11.7. The smallest absolute Gasteiger partial charge is 0.354 e. The Kier molecular flexibility index (Phi) is 5.58. The summed E-state index contributed by atoms with van der Waals surface area (Å²) in [4.78, 5) is 16.6. The van der Waals surface area contributed by atoms with E-state index in [-0.39, 0.29) is 5.97 Å². The molecule has 2 N–H and O–H groups in total. The highest BCUT2D eigenvalue weighted by atomic mass is 16.5. The minimum Gasteiger partial charge on any atom is -0.464 e. The number of benzene rings is 1. The summed E-state index contributed by atoms with van der Waals surface area (Å²) < 4.78 is 4.71. The van der Waals surface area contributed by atoms with E-state index in [0.717, 1.165) is 12.1 Å². The van der Waals surface area contributed by atoms with E-state index in [2.05, 4.69) is 22.0 Å². The number of methoxy groups -OCH3 is 1. The second-order valence-electron chi connectivity index (χ2n) is 6.36. The molecule has 5 nitrogen and oxygen atoms in total. The molecule has 0 spiro atoms. The van der Waals surface area contributed by atoms with Gasteiger partial charge in [-0.2, -0.15) is 0 Å². The van der Waals surface area contributed by atoms with E-state index in [9.17, 15) is 9.90 Å². The monoisotopic (exact) mass is 316 g/mol. The van der Waals surface area contributed by atoms with Crippen LogP contribution in [0.15, 0.2) is 42.6 Å². The predicted molar refractivity (Wildman–Crippen MR) is 89.0 cm³/mol. The van der Waals surface area contributed by atoms with E-state index in [1.807, 2.05) is 18.2 Å². The number of ether oxygens (including phenoxy) is 1. The molecule has 0 saturated heterocycles. The molecule has 0 aliphatic carbocycles. The zero-order chi connectivity index (χ0) is 16.9. The number of aromatic nitrogens is 1. The summed E-state index contributed by atoms with van der Waals surface area (Å²) in [5.41, 5.74) is 1.80. The summed E-state index contributed by atoms with van der Waals surface area (Å²) in [7, 11) is 1.36. The molecule has 0 radical (unpaired) electrons. The van der Waals surface area contributed by atoms with Gasteiger partial charge in [-0.3, -0.25) is 4.90 Å². The molecule has 124 valence electrons. The minimum absolute atomic E-state index is 0.381. The molecule has 0 amide bonds. The van der Waals surface area contributed by atoms with Gasteiger partial charge in [-0.15, -0.1) is 0 Å². The van der Waals surface area contributed by atoms with E-state index in [0.29, 0.717) is 18.8 Å². The van der Waals surface area contributed by atoms with Crippen molar-refractivity contribution in [3.8, 4) is 0 Å². The Labute approximate surface area is 136 Å². The van der Waals surface area contributed by atoms with Crippen LogP contribution in [0.5, 0.6) is 0 Å². The molecule has 0 saturated carbocycles. The fourth-order valence-electron chi connectivity index (χ4n) is 2.57. The molecule has 0 atom stereocenters. The van der Waals surface area contributed by atoms with Gasteiger partial charge in [0.1, 0.15) is 5.69 Å². The van der Waals surface area contributed by atoms with Crippen LogP contribution < -0.4 is 0 Å². The van der Waals surface area contributed by atoms with Crippen LogP contribution >= 0.6 is 0 Å². The number of rotatable bonds is 7. The number of nitrogens with zero attached hydrogens (tertiary/aromatic N) is 1. The third-order valence-electron chi connectivity index (χ3n) is 3.41. The van der Waals surface area contributed by atoms with Crippen LogP contribution in [0.4, 0.5) is 0 Å². The highest BCUT2D eigenvalue weighted by Gasteiger charge is 2.19. The van der Waals surface area contributed by atoms with Gasteiger partial charge in [-0.05, 0) is 31.0 Å². The summed E-state index contributed by atoms with van der Waals surface area (Å²) >= 11 is 0. The molecule has 0 fully saturated rings. The third-order valence-corrected chi connectivity index (χ3v) is 3.41. The molecule has 0 bridgehead atoms. The fourth-order valence-corrected chi connectivity index (χ4v) is 2.57. The Hall–Kier alpha value is -2.11. The molecular formula is C18H24N2O3. The molecule has 2 aromatic rings. The molecular weight excluding hydrogens is 292 g/mol. The summed E-state index contributed by atoms with van der Waals surface area (Å²) in [5.74, 6) is -0.381. The average Bonchev–Trinajstić information content (AvgIpc) is 2.94. The lowest BCUT2D eigenvalue weighted by Gasteiger charge is -2.28. The topological polar surface area (TPSA) is 65.6 Å². The van der Waals surface area contributed by atoms with E-state index in [1.54, 1.807) is 26.1 Å². The van der Waals surface area contributed by atoms with Gasteiger partial charge in [0.2, 0.25) is 0 Å². The highest BCUT2D eigenvalue weighted by molar-refractivity contribution is 5.87. The number of hydrogen-bond donors (Lipinski definition) is 2. The second-order valence-corrected chi connectivity index (χ2v) is 6.36. The highest BCUT2D eigenvalue weighted by Crippen LogP contribution is 2.15. The molecule has 23 heavy (non-hydrogen) atoms. The number of esters is 1. The van der Waals surface area contributed by atoms with Gasteiger partial charge in [0.15, 0.2) is 0 Å². The summed E-state index contributed by atoms with van der Waals surface area (Å²) in [5, 5.41) is 10.2. The van der Waals surface area contributed by atoms with Gasteiger partial charge in [-0.1, -0.05) is 30.3 Å². The van der Waals surface area contributed by atoms with E-state index in [1.165, 1.54) is 12.7 Å². The molecule has 5 heteroatoms. The lowest BCUT2D eigenvalue weighted by atomic mass is 10.1. The first kappa shape index (κ1) is 17.2. The van der Waals surface area contributed by atoms with Crippen LogP contribution in [-0.4, -0.2) is 40.2 Å². The van der Waals surface area contributed by atoms with Gasteiger partial charge in [0.25, 0.3) is 0 Å². The first-order chi connectivity index (χ1) is 10.9. The summed E-state index contributed by atoms with van der Waals surface area (Å²) in [6, 6.07) is 11.9. The van der Waals surface area contributed by atoms with Gasteiger partial charge in [-0.25, -0.2) is 4.79 Å². The Morgan fingerprint density at radius 3 is 2.48 bits per heavy atom. The molecule has 2 rings (SSSR count). The third kappa shape index (κ3) is 5.54. The van der Waals surface area contributed by atoms with Crippen LogP contribution in [0, 0.1) is 0 Å².